The van der Waals surface area contributed by atoms with E-state index in [1.54, 1.807) is 17.6 Å². The van der Waals surface area contributed by atoms with E-state index in [-0.39, 0.29) is 0 Å². The largest absolute Gasteiger partial charge is 0.463 e. The lowest BCUT2D eigenvalue weighted by Gasteiger charge is -1.97. The summed E-state index contributed by atoms with van der Waals surface area (Å²) in [6, 6.07) is 3.73. The van der Waals surface area contributed by atoms with Gasteiger partial charge in [0.2, 0.25) is 0 Å². The highest BCUT2D eigenvalue weighted by molar-refractivity contribution is 7.09. The third-order valence-electron chi connectivity index (χ3n) is 1.81. The molecule has 0 saturated heterocycles. The zero-order valence-corrected chi connectivity index (χ0v) is 9.00. The van der Waals surface area contributed by atoms with Crippen LogP contribution < -0.4 is 5.73 Å². The summed E-state index contributed by atoms with van der Waals surface area (Å²) in [6.45, 7) is 1.62. The van der Waals surface area contributed by atoms with Crippen molar-refractivity contribution in [3.63, 3.8) is 0 Å². The Morgan fingerprint density at radius 1 is 1.53 bits per heavy atom. The molecule has 2 aromatic heterocycles. The number of furan rings is 1. The second-order valence-electron chi connectivity index (χ2n) is 2.95. The molecule has 0 aliphatic carbocycles. The van der Waals surface area contributed by atoms with Crippen molar-refractivity contribution in [3.8, 4) is 11.5 Å². The van der Waals surface area contributed by atoms with E-state index in [1.807, 2.05) is 17.5 Å². The van der Waals surface area contributed by atoms with Crippen molar-refractivity contribution in [3.05, 3.63) is 28.8 Å². The van der Waals surface area contributed by atoms with Gasteiger partial charge in [0.1, 0.15) is 10.7 Å². The van der Waals surface area contributed by atoms with Crippen molar-refractivity contribution in [2.45, 2.75) is 6.61 Å². The molecule has 5 heteroatoms. The first-order valence-corrected chi connectivity index (χ1v) is 5.54. The molecule has 2 heterocycles. The topological polar surface area (TPSA) is 61.3 Å². The first kappa shape index (κ1) is 10.4. The van der Waals surface area contributed by atoms with E-state index < -0.39 is 0 Å². The van der Waals surface area contributed by atoms with Gasteiger partial charge in [0, 0.05) is 11.9 Å². The molecule has 0 atom stereocenters. The number of hydrogen-bond acceptors (Lipinski definition) is 5. The highest BCUT2D eigenvalue weighted by Crippen LogP contribution is 2.22. The normalized spacial score (nSPS) is 10.7. The van der Waals surface area contributed by atoms with Gasteiger partial charge in [0.15, 0.2) is 5.76 Å². The van der Waals surface area contributed by atoms with Gasteiger partial charge in [-0.05, 0) is 12.1 Å². The molecule has 2 N–H and O–H groups in total. The highest BCUT2D eigenvalue weighted by Gasteiger charge is 2.06. The Hall–Kier alpha value is -1.17. The van der Waals surface area contributed by atoms with Gasteiger partial charge in [-0.25, -0.2) is 4.98 Å². The molecule has 2 rings (SSSR count). The lowest BCUT2D eigenvalue weighted by molar-refractivity contribution is 0.128. The Bertz CT molecular complexity index is 397. The Morgan fingerprint density at radius 3 is 3.20 bits per heavy atom. The minimum Gasteiger partial charge on any atom is -0.463 e. The van der Waals surface area contributed by atoms with Crippen molar-refractivity contribution >= 4 is 11.3 Å². The minimum absolute atomic E-state index is 0.516. The van der Waals surface area contributed by atoms with Crippen LogP contribution in [-0.4, -0.2) is 18.1 Å². The maximum atomic E-state index is 5.32. The molecular formula is C10H12N2O2S. The first-order chi connectivity index (χ1) is 7.40. The quantitative estimate of drug-likeness (QED) is 0.788. The minimum atomic E-state index is 0.516. The Morgan fingerprint density at radius 2 is 2.47 bits per heavy atom. The molecule has 0 fully saturated rings. The van der Waals surface area contributed by atoms with Crippen molar-refractivity contribution in [2.75, 3.05) is 13.2 Å². The molecule has 0 spiro atoms. The van der Waals surface area contributed by atoms with Crippen LogP contribution in [0.1, 0.15) is 5.01 Å². The van der Waals surface area contributed by atoms with E-state index >= 15 is 0 Å². The molecule has 0 aromatic carbocycles. The van der Waals surface area contributed by atoms with Crippen LogP contribution >= 0.6 is 11.3 Å². The monoisotopic (exact) mass is 224 g/mol. The number of nitrogens with zero attached hydrogens (tertiary/aromatic N) is 1. The molecule has 15 heavy (non-hydrogen) atoms. The SMILES string of the molecule is NCCOCc1nc(-c2ccco2)cs1. The summed E-state index contributed by atoms with van der Waals surface area (Å²) in [4.78, 5) is 4.38. The van der Waals surface area contributed by atoms with Gasteiger partial charge in [-0.3, -0.25) is 0 Å². The van der Waals surface area contributed by atoms with Crippen LogP contribution in [0.3, 0.4) is 0 Å². The molecule has 0 aliphatic heterocycles. The second kappa shape index (κ2) is 5.06. The van der Waals surface area contributed by atoms with Crippen molar-refractivity contribution in [1.82, 2.24) is 4.98 Å². The smallest absolute Gasteiger partial charge is 0.153 e. The molecule has 0 amide bonds. The maximum Gasteiger partial charge on any atom is 0.153 e. The highest BCUT2D eigenvalue weighted by atomic mass is 32.1. The third-order valence-corrected chi connectivity index (χ3v) is 2.64. The Kier molecular flexibility index (Phi) is 3.49. The van der Waals surface area contributed by atoms with Gasteiger partial charge in [0.05, 0.1) is 19.5 Å². The predicted molar refractivity (Wildman–Crippen MR) is 58.5 cm³/mol. The average molecular weight is 224 g/mol. The standard InChI is InChI=1S/C10H12N2O2S/c11-3-5-13-6-10-12-8(7-15-10)9-2-1-4-14-9/h1-2,4,7H,3,5-6,11H2. The third kappa shape index (κ3) is 2.65. The zero-order chi connectivity index (χ0) is 10.5. The molecule has 0 saturated carbocycles. The van der Waals surface area contributed by atoms with Crippen molar-refractivity contribution in [2.24, 2.45) is 5.73 Å². The van der Waals surface area contributed by atoms with Gasteiger partial charge in [0.25, 0.3) is 0 Å². The lowest BCUT2D eigenvalue weighted by atomic mass is 10.4. The van der Waals surface area contributed by atoms with Crippen LogP contribution in [0.25, 0.3) is 11.5 Å². The Balaban J connectivity index is 1.98. The number of rotatable bonds is 5. The van der Waals surface area contributed by atoms with Gasteiger partial charge in [-0.15, -0.1) is 11.3 Å². The molecule has 0 radical (unpaired) electrons. The van der Waals surface area contributed by atoms with Crippen LogP contribution in [-0.2, 0) is 11.3 Å². The number of thiazole rings is 1. The Labute approximate surface area is 91.7 Å². The summed E-state index contributed by atoms with van der Waals surface area (Å²) < 4.78 is 10.5. The molecule has 4 nitrogen and oxygen atoms in total. The molecule has 80 valence electrons. The van der Waals surface area contributed by atoms with E-state index in [2.05, 4.69) is 4.98 Å². The average Bonchev–Trinajstić information content (AvgIpc) is 2.87. The van der Waals surface area contributed by atoms with Crippen LogP contribution in [0.2, 0.25) is 0 Å². The van der Waals surface area contributed by atoms with Gasteiger partial charge in [-0.2, -0.15) is 0 Å². The molecule has 2 aromatic rings. The van der Waals surface area contributed by atoms with Crippen molar-refractivity contribution in [1.29, 1.82) is 0 Å². The predicted octanol–water partition coefficient (Wildman–Crippen LogP) is 1.88. The van der Waals surface area contributed by atoms with E-state index in [0.717, 1.165) is 16.5 Å². The fourth-order valence-electron chi connectivity index (χ4n) is 1.16. The molecule has 0 unspecified atom stereocenters. The van der Waals surface area contributed by atoms with Gasteiger partial charge < -0.3 is 14.9 Å². The van der Waals surface area contributed by atoms with Crippen LogP contribution in [0, 0.1) is 0 Å². The van der Waals surface area contributed by atoms with Gasteiger partial charge in [-0.1, -0.05) is 0 Å². The van der Waals surface area contributed by atoms with Crippen LogP contribution in [0.5, 0.6) is 0 Å². The van der Waals surface area contributed by atoms with Crippen LogP contribution in [0.15, 0.2) is 28.2 Å². The molecular weight excluding hydrogens is 212 g/mol. The summed E-state index contributed by atoms with van der Waals surface area (Å²) in [5.41, 5.74) is 6.18. The van der Waals surface area contributed by atoms with Gasteiger partial charge >= 0.3 is 0 Å². The zero-order valence-electron chi connectivity index (χ0n) is 8.18. The molecule has 0 bridgehead atoms. The molecule has 0 aliphatic rings. The number of ether oxygens (including phenoxy) is 1. The number of aromatic nitrogens is 1. The summed E-state index contributed by atoms with van der Waals surface area (Å²) >= 11 is 1.56. The van der Waals surface area contributed by atoms with E-state index in [4.69, 9.17) is 14.9 Å². The van der Waals surface area contributed by atoms with Crippen molar-refractivity contribution < 1.29 is 9.15 Å². The van der Waals surface area contributed by atoms with Crippen LogP contribution in [0.4, 0.5) is 0 Å². The summed E-state index contributed by atoms with van der Waals surface area (Å²) in [5, 5.41) is 2.90. The van der Waals surface area contributed by atoms with E-state index in [0.29, 0.717) is 19.8 Å². The fraction of sp³-hybridized carbons (Fsp3) is 0.300. The summed E-state index contributed by atoms with van der Waals surface area (Å²) in [5.74, 6) is 0.788. The maximum absolute atomic E-state index is 5.32. The van der Waals surface area contributed by atoms with E-state index in [1.165, 1.54) is 0 Å². The number of nitrogens with two attached hydrogens (primary N) is 1. The second-order valence-corrected chi connectivity index (χ2v) is 3.89. The lowest BCUT2D eigenvalue weighted by Crippen LogP contribution is -2.07. The fourth-order valence-corrected chi connectivity index (χ4v) is 1.88. The first-order valence-electron chi connectivity index (χ1n) is 4.66. The summed E-state index contributed by atoms with van der Waals surface area (Å²) in [6.07, 6.45) is 1.64. The van der Waals surface area contributed by atoms with E-state index in [9.17, 15) is 0 Å². The summed E-state index contributed by atoms with van der Waals surface area (Å²) in [7, 11) is 0. The number of hydrogen-bond donors (Lipinski definition) is 1.